The van der Waals surface area contributed by atoms with E-state index in [1.54, 1.807) is 21.0 Å². The van der Waals surface area contributed by atoms with Crippen LogP contribution in [0, 0.1) is 6.42 Å². The zero-order valence-corrected chi connectivity index (χ0v) is 8.35. The first-order valence-corrected chi connectivity index (χ1v) is 2.19. The van der Waals surface area contributed by atoms with Crippen molar-refractivity contribution < 1.29 is 37.5 Å². The van der Waals surface area contributed by atoms with Crippen molar-refractivity contribution in [1.29, 1.82) is 0 Å². The number of carbonyl (C=O) groups is 1. The Bertz CT molecular complexity index is 72.8. The molecule has 3 heteroatoms. The first kappa shape index (κ1) is 11.3. The third kappa shape index (κ3) is 4.60. The molecule has 0 aliphatic heterocycles. The second-order valence-electron chi connectivity index (χ2n) is 1.52. The number of rotatable bonds is 1. The van der Waals surface area contributed by atoms with Gasteiger partial charge < -0.3 is 16.1 Å². The Morgan fingerprint density at radius 1 is 1.50 bits per heavy atom. The Morgan fingerprint density at radius 2 is 1.88 bits per heavy atom. The van der Waals surface area contributed by atoms with Crippen molar-refractivity contribution in [2.45, 2.75) is 6.92 Å². The summed E-state index contributed by atoms with van der Waals surface area (Å²) in [5.41, 5.74) is 0. The third-order valence-corrected chi connectivity index (χ3v) is 0.688. The molecule has 0 aliphatic carbocycles. The zero-order chi connectivity index (χ0) is 5.86. The maximum atomic E-state index is 10.4. The number of hydrogen-bond acceptors (Lipinski definition) is 1. The molecule has 0 rings (SSSR count). The number of carbonyl (C=O) groups excluding carboxylic acids is 1. The molecular weight excluding hydrogens is 179 g/mol. The van der Waals surface area contributed by atoms with E-state index in [-0.39, 0.29) is 38.6 Å². The van der Waals surface area contributed by atoms with Crippen LogP contribution < -0.4 is 0 Å². The summed E-state index contributed by atoms with van der Waals surface area (Å²) in [7, 11) is 3.45. The molecule has 0 spiro atoms. The molecule has 0 unspecified atom stereocenters. The molecule has 0 aromatic carbocycles. The van der Waals surface area contributed by atoms with Crippen LogP contribution in [-0.4, -0.2) is 24.9 Å². The molecular formula is C5H10NOY+2. The maximum absolute atomic E-state index is 10.4. The van der Waals surface area contributed by atoms with E-state index >= 15 is 0 Å². The molecule has 0 fully saturated rings. The van der Waals surface area contributed by atoms with Crippen LogP contribution >= 0.6 is 0 Å². The van der Waals surface area contributed by atoms with Crippen LogP contribution in [0.3, 0.4) is 0 Å². The second-order valence-corrected chi connectivity index (χ2v) is 1.52. The van der Waals surface area contributed by atoms with Gasteiger partial charge >= 0.3 is 32.7 Å². The van der Waals surface area contributed by atoms with Crippen molar-refractivity contribution in [2.75, 3.05) is 14.1 Å². The first-order chi connectivity index (χ1) is 3.18. The maximum Gasteiger partial charge on any atom is 3.00 e. The molecule has 0 heterocycles. The molecule has 0 N–H and O–H groups in total. The van der Waals surface area contributed by atoms with Crippen molar-refractivity contribution in [3.63, 3.8) is 0 Å². The van der Waals surface area contributed by atoms with Gasteiger partial charge in [-0.3, -0.25) is 0 Å². The van der Waals surface area contributed by atoms with Crippen LogP contribution in [0.25, 0.3) is 0 Å². The molecule has 0 bridgehead atoms. The average molecular weight is 189 g/mol. The molecule has 0 saturated heterocycles. The minimum absolute atomic E-state index is 0. The van der Waals surface area contributed by atoms with Crippen LogP contribution in [0.15, 0.2) is 0 Å². The number of nitrogens with zero attached hydrogens (tertiary/aromatic N) is 1. The predicted octanol–water partition coefficient (Wildman–Crippen LogP) is 0.296. The molecule has 2 nitrogen and oxygen atoms in total. The number of hydrogen-bond donors (Lipinski definition) is 0. The molecule has 0 aromatic heterocycles. The summed E-state index contributed by atoms with van der Waals surface area (Å²) >= 11 is 0. The van der Waals surface area contributed by atoms with E-state index in [4.69, 9.17) is 0 Å². The van der Waals surface area contributed by atoms with Crippen LogP contribution in [0.5, 0.6) is 0 Å². The van der Waals surface area contributed by atoms with Crippen molar-refractivity contribution in [3.8, 4) is 0 Å². The van der Waals surface area contributed by atoms with Gasteiger partial charge in [-0.1, -0.05) is 0 Å². The van der Waals surface area contributed by atoms with Gasteiger partial charge in [0.2, 0.25) is 0 Å². The van der Waals surface area contributed by atoms with Gasteiger partial charge in [-0.25, -0.2) is 0 Å². The minimum atomic E-state index is 0. The van der Waals surface area contributed by atoms with Gasteiger partial charge in [0.25, 0.3) is 0 Å². The monoisotopic (exact) mass is 189 g/mol. The van der Waals surface area contributed by atoms with Crippen molar-refractivity contribution in [3.05, 3.63) is 6.42 Å². The minimum Gasteiger partial charge on any atom is -0.373 e. The molecule has 1 amide bonds. The standard InChI is InChI=1S/C5H10NO.Y/c1-4-5(7)6(2)3;/h4H,1-3H3;/q-1;+3. The quantitative estimate of drug-likeness (QED) is 0.543. The fraction of sp³-hybridized carbons (Fsp3) is 0.600. The zero-order valence-electron chi connectivity index (χ0n) is 5.51. The van der Waals surface area contributed by atoms with Crippen molar-refractivity contribution in [2.24, 2.45) is 0 Å². The third-order valence-electron chi connectivity index (χ3n) is 0.688. The summed E-state index contributed by atoms with van der Waals surface area (Å²) < 4.78 is 0. The SMILES string of the molecule is C[CH-]C(=O)N(C)C.[Y+3]. The van der Waals surface area contributed by atoms with E-state index in [0.29, 0.717) is 0 Å². The summed E-state index contributed by atoms with van der Waals surface area (Å²) in [6.45, 7) is 1.72. The Hall–Kier alpha value is 0.444. The van der Waals surface area contributed by atoms with Crippen LogP contribution in [0.4, 0.5) is 0 Å². The molecule has 0 radical (unpaired) electrons. The van der Waals surface area contributed by atoms with Gasteiger partial charge in [-0.05, 0) is 0 Å². The summed E-state index contributed by atoms with van der Waals surface area (Å²) in [5.74, 6) is 0.0556. The van der Waals surface area contributed by atoms with Gasteiger partial charge in [0.1, 0.15) is 0 Å². The van der Waals surface area contributed by atoms with E-state index in [2.05, 4.69) is 0 Å². The van der Waals surface area contributed by atoms with E-state index in [1.807, 2.05) is 0 Å². The van der Waals surface area contributed by atoms with Gasteiger partial charge in [0.05, 0.1) is 5.91 Å². The molecule has 0 aliphatic rings. The largest absolute Gasteiger partial charge is 3.00 e. The van der Waals surface area contributed by atoms with E-state index < -0.39 is 0 Å². The Morgan fingerprint density at radius 3 is 1.88 bits per heavy atom. The van der Waals surface area contributed by atoms with Gasteiger partial charge in [0.15, 0.2) is 0 Å². The smallest absolute Gasteiger partial charge is 0.373 e. The van der Waals surface area contributed by atoms with Crippen LogP contribution in [0.1, 0.15) is 6.92 Å². The summed E-state index contributed by atoms with van der Waals surface area (Å²) in [6, 6.07) is 0. The normalized spacial score (nSPS) is 6.88. The molecule has 0 atom stereocenters. The van der Waals surface area contributed by atoms with Gasteiger partial charge in [-0.15, -0.1) is 0 Å². The van der Waals surface area contributed by atoms with Crippen LogP contribution in [-0.2, 0) is 37.5 Å². The fourth-order valence-electron chi connectivity index (χ4n) is 0.258. The summed E-state index contributed by atoms with van der Waals surface area (Å²) in [6.07, 6.45) is 1.53. The molecule has 42 valence electrons. The summed E-state index contributed by atoms with van der Waals surface area (Å²) in [4.78, 5) is 11.9. The fourth-order valence-corrected chi connectivity index (χ4v) is 0.258. The van der Waals surface area contributed by atoms with E-state index in [0.717, 1.165) is 0 Å². The van der Waals surface area contributed by atoms with E-state index in [1.165, 1.54) is 11.3 Å². The second kappa shape index (κ2) is 5.58. The van der Waals surface area contributed by atoms with Gasteiger partial charge in [0, 0.05) is 14.1 Å². The molecule has 8 heavy (non-hydrogen) atoms. The average Bonchev–Trinajstić information content (AvgIpc) is 1.65. The van der Waals surface area contributed by atoms with Gasteiger partial charge in [-0.2, -0.15) is 6.92 Å². The Kier molecular flexibility index (Phi) is 7.86. The van der Waals surface area contributed by atoms with E-state index in [9.17, 15) is 4.79 Å². The predicted molar refractivity (Wildman–Crippen MR) is 28.7 cm³/mol. The molecule has 0 saturated carbocycles. The molecule has 0 aromatic rings. The number of amides is 1. The Balaban J connectivity index is 0. The Labute approximate surface area is 75.5 Å². The van der Waals surface area contributed by atoms with Crippen molar-refractivity contribution >= 4 is 5.91 Å². The topological polar surface area (TPSA) is 20.3 Å². The van der Waals surface area contributed by atoms with Crippen LogP contribution in [0.2, 0.25) is 0 Å². The first-order valence-electron chi connectivity index (χ1n) is 2.19. The summed E-state index contributed by atoms with van der Waals surface area (Å²) in [5, 5.41) is 0. The van der Waals surface area contributed by atoms with Crippen molar-refractivity contribution in [1.82, 2.24) is 4.90 Å².